The van der Waals surface area contributed by atoms with Gasteiger partial charge in [0.1, 0.15) is 5.15 Å². The van der Waals surface area contributed by atoms with Gasteiger partial charge in [0.2, 0.25) is 0 Å². The lowest BCUT2D eigenvalue weighted by Gasteiger charge is -2.33. The van der Waals surface area contributed by atoms with Crippen molar-refractivity contribution in [2.45, 2.75) is 38.8 Å². The summed E-state index contributed by atoms with van der Waals surface area (Å²) in [5.74, 6) is 0. The van der Waals surface area contributed by atoms with Crippen molar-refractivity contribution in [1.82, 2.24) is 9.88 Å². The van der Waals surface area contributed by atoms with E-state index in [0.717, 1.165) is 6.54 Å². The van der Waals surface area contributed by atoms with Crippen LogP contribution >= 0.6 is 36.4 Å². The van der Waals surface area contributed by atoms with Gasteiger partial charge in [0.25, 0.3) is 0 Å². The van der Waals surface area contributed by atoms with Crippen molar-refractivity contribution >= 4 is 36.4 Å². The first-order chi connectivity index (χ1) is 7.25. The highest BCUT2D eigenvalue weighted by molar-refractivity contribution is 6.29. The Hall–Kier alpha value is -0.0200. The second-order valence-corrected chi connectivity index (χ2v) is 4.69. The fourth-order valence-corrected chi connectivity index (χ4v) is 2.24. The van der Waals surface area contributed by atoms with Gasteiger partial charge in [-0.3, -0.25) is 4.90 Å². The first kappa shape index (κ1) is 17.0. The lowest BCUT2D eigenvalue weighted by molar-refractivity contribution is 0.152. The predicted molar refractivity (Wildman–Crippen MR) is 77.5 cm³/mol. The zero-order valence-corrected chi connectivity index (χ0v) is 12.3. The second kappa shape index (κ2) is 8.15. The van der Waals surface area contributed by atoms with Crippen molar-refractivity contribution in [1.29, 1.82) is 0 Å². The van der Waals surface area contributed by atoms with Crippen LogP contribution in [0.3, 0.4) is 0 Å². The van der Waals surface area contributed by atoms with Gasteiger partial charge in [-0.05, 0) is 37.9 Å². The molecule has 1 aromatic heterocycles. The van der Waals surface area contributed by atoms with Gasteiger partial charge in [-0.15, -0.1) is 24.8 Å². The molecule has 0 aliphatic carbocycles. The smallest absolute Gasteiger partial charge is 0.129 e. The molecule has 2 rings (SSSR count). The molecule has 0 saturated carbocycles. The van der Waals surface area contributed by atoms with Gasteiger partial charge >= 0.3 is 0 Å². The van der Waals surface area contributed by atoms with Crippen LogP contribution in [0.2, 0.25) is 5.15 Å². The van der Waals surface area contributed by atoms with Crippen LogP contribution in [0.15, 0.2) is 18.3 Å². The SMILES string of the molecule is CC1CCCCN1Cc1ccc(Cl)nc1.Cl.Cl. The fraction of sp³-hybridized carbons (Fsp3) is 0.583. The molecule has 2 nitrogen and oxygen atoms in total. The summed E-state index contributed by atoms with van der Waals surface area (Å²) in [4.78, 5) is 6.63. The summed E-state index contributed by atoms with van der Waals surface area (Å²) in [5, 5.41) is 0.574. The normalized spacial score (nSPS) is 20.2. The Kier molecular flexibility index (Phi) is 8.14. The van der Waals surface area contributed by atoms with E-state index in [-0.39, 0.29) is 24.8 Å². The Morgan fingerprint density at radius 3 is 2.71 bits per heavy atom. The van der Waals surface area contributed by atoms with Gasteiger partial charge in [-0.25, -0.2) is 4.98 Å². The minimum atomic E-state index is 0. The van der Waals surface area contributed by atoms with Gasteiger partial charge < -0.3 is 0 Å². The predicted octanol–water partition coefficient (Wildman–Crippen LogP) is 3.95. The Bertz CT molecular complexity index is 316. The van der Waals surface area contributed by atoms with Crippen LogP contribution in [0.1, 0.15) is 31.7 Å². The molecule has 0 aromatic carbocycles. The molecule has 1 aromatic rings. The average Bonchev–Trinajstić information content (AvgIpc) is 2.25. The van der Waals surface area contributed by atoms with E-state index in [2.05, 4.69) is 22.9 Å². The summed E-state index contributed by atoms with van der Waals surface area (Å²) in [6.07, 6.45) is 5.90. The Morgan fingerprint density at radius 2 is 2.12 bits per heavy atom. The summed E-state index contributed by atoms with van der Waals surface area (Å²) in [7, 11) is 0. The Labute approximate surface area is 121 Å². The number of nitrogens with zero attached hydrogens (tertiary/aromatic N) is 2. The molecule has 1 fully saturated rings. The number of rotatable bonds is 2. The molecule has 5 heteroatoms. The highest BCUT2D eigenvalue weighted by atomic mass is 35.5. The van der Waals surface area contributed by atoms with E-state index in [1.807, 2.05) is 12.3 Å². The molecule has 17 heavy (non-hydrogen) atoms. The molecule has 1 aliphatic heterocycles. The quantitative estimate of drug-likeness (QED) is 0.768. The molecule has 98 valence electrons. The van der Waals surface area contributed by atoms with Crippen LogP contribution in [-0.4, -0.2) is 22.5 Å². The van der Waals surface area contributed by atoms with Crippen molar-refractivity contribution in [3.8, 4) is 0 Å². The summed E-state index contributed by atoms with van der Waals surface area (Å²) in [5.41, 5.74) is 1.26. The van der Waals surface area contributed by atoms with Crippen LogP contribution in [-0.2, 0) is 6.54 Å². The molecule has 1 aliphatic rings. The zero-order chi connectivity index (χ0) is 10.7. The molecule has 0 spiro atoms. The summed E-state index contributed by atoms with van der Waals surface area (Å²) >= 11 is 5.76. The van der Waals surface area contributed by atoms with Gasteiger partial charge in [0, 0.05) is 18.8 Å². The zero-order valence-electron chi connectivity index (χ0n) is 9.93. The molecule has 0 amide bonds. The fourth-order valence-electron chi connectivity index (χ4n) is 2.13. The van der Waals surface area contributed by atoms with E-state index in [1.165, 1.54) is 31.4 Å². The Morgan fingerprint density at radius 1 is 1.35 bits per heavy atom. The van der Waals surface area contributed by atoms with E-state index in [4.69, 9.17) is 11.6 Å². The van der Waals surface area contributed by atoms with E-state index in [9.17, 15) is 0 Å². The van der Waals surface area contributed by atoms with Crippen LogP contribution in [0.4, 0.5) is 0 Å². The first-order valence-corrected chi connectivity index (χ1v) is 5.98. The number of aromatic nitrogens is 1. The molecule has 2 heterocycles. The summed E-state index contributed by atoms with van der Waals surface area (Å²) < 4.78 is 0. The van der Waals surface area contributed by atoms with Crippen molar-refractivity contribution in [2.24, 2.45) is 0 Å². The molecule has 0 bridgehead atoms. The molecule has 1 unspecified atom stereocenters. The number of piperidine rings is 1. The van der Waals surface area contributed by atoms with Gasteiger partial charge in [-0.1, -0.05) is 24.1 Å². The van der Waals surface area contributed by atoms with Gasteiger partial charge in [0.15, 0.2) is 0 Å². The molecule has 1 saturated heterocycles. The van der Waals surface area contributed by atoms with Crippen molar-refractivity contribution < 1.29 is 0 Å². The number of pyridine rings is 1. The number of hydrogen-bond donors (Lipinski definition) is 0. The largest absolute Gasteiger partial charge is 0.296 e. The average molecular weight is 298 g/mol. The lowest BCUT2D eigenvalue weighted by atomic mass is 10.0. The summed E-state index contributed by atoms with van der Waals surface area (Å²) in [6, 6.07) is 4.64. The van der Waals surface area contributed by atoms with Gasteiger partial charge in [-0.2, -0.15) is 0 Å². The molecular weight excluding hydrogens is 279 g/mol. The monoisotopic (exact) mass is 296 g/mol. The first-order valence-electron chi connectivity index (χ1n) is 5.60. The number of halogens is 3. The van der Waals surface area contributed by atoms with Crippen LogP contribution < -0.4 is 0 Å². The van der Waals surface area contributed by atoms with Crippen molar-refractivity contribution in [3.05, 3.63) is 29.0 Å². The number of hydrogen-bond acceptors (Lipinski definition) is 2. The third kappa shape index (κ3) is 5.01. The maximum atomic E-state index is 5.76. The highest BCUT2D eigenvalue weighted by Gasteiger charge is 2.17. The second-order valence-electron chi connectivity index (χ2n) is 4.30. The van der Waals surface area contributed by atoms with Crippen molar-refractivity contribution in [2.75, 3.05) is 6.54 Å². The molecule has 0 radical (unpaired) electrons. The summed E-state index contributed by atoms with van der Waals surface area (Å²) in [6.45, 7) is 4.53. The highest BCUT2D eigenvalue weighted by Crippen LogP contribution is 2.19. The number of likely N-dealkylation sites (tertiary alicyclic amines) is 1. The minimum Gasteiger partial charge on any atom is -0.296 e. The maximum absolute atomic E-state index is 5.76. The van der Waals surface area contributed by atoms with E-state index < -0.39 is 0 Å². The lowest BCUT2D eigenvalue weighted by Crippen LogP contribution is -2.36. The van der Waals surface area contributed by atoms with Crippen LogP contribution in [0, 0.1) is 0 Å². The third-order valence-corrected chi connectivity index (χ3v) is 3.34. The van der Waals surface area contributed by atoms with E-state index in [1.54, 1.807) is 0 Å². The van der Waals surface area contributed by atoms with Crippen molar-refractivity contribution in [3.63, 3.8) is 0 Å². The van der Waals surface area contributed by atoms with E-state index >= 15 is 0 Å². The molecular formula is C12H19Cl3N2. The topological polar surface area (TPSA) is 16.1 Å². The van der Waals surface area contributed by atoms with Gasteiger partial charge in [0.05, 0.1) is 0 Å². The minimum absolute atomic E-state index is 0. The van der Waals surface area contributed by atoms with Crippen LogP contribution in [0.5, 0.6) is 0 Å². The Balaban J connectivity index is 0.00000128. The van der Waals surface area contributed by atoms with E-state index in [0.29, 0.717) is 11.2 Å². The molecule has 0 N–H and O–H groups in total. The maximum Gasteiger partial charge on any atom is 0.129 e. The molecule has 1 atom stereocenters. The standard InChI is InChI=1S/C12H17ClN2.2ClH/c1-10-4-2-3-7-15(10)9-11-5-6-12(13)14-8-11;;/h5-6,8,10H,2-4,7,9H2,1H3;2*1H. The third-order valence-electron chi connectivity index (χ3n) is 3.11. The van der Waals surface area contributed by atoms with Crippen LogP contribution in [0.25, 0.3) is 0 Å².